The zero-order valence-electron chi connectivity index (χ0n) is 11.1. The van der Waals surface area contributed by atoms with Crippen LogP contribution in [0.4, 0.5) is 11.4 Å². The second kappa shape index (κ2) is 6.29. The van der Waals surface area contributed by atoms with Crippen LogP contribution in [0.2, 0.25) is 0 Å². The SMILES string of the molecule is CNc1cc(Sc2cccc(OC)c2)cc([N+](=O)[O-])c1. The first-order valence-electron chi connectivity index (χ1n) is 5.91. The van der Waals surface area contributed by atoms with Gasteiger partial charge in [-0.2, -0.15) is 0 Å². The van der Waals surface area contributed by atoms with Crippen molar-refractivity contribution in [2.45, 2.75) is 9.79 Å². The number of non-ortho nitro benzene ring substituents is 1. The lowest BCUT2D eigenvalue weighted by molar-refractivity contribution is -0.385. The van der Waals surface area contributed by atoms with Crippen molar-refractivity contribution in [3.8, 4) is 5.75 Å². The van der Waals surface area contributed by atoms with Crippen molar-refractivity contribution in [1.29, 1.82) is 0 Å². The highest BCUT2D eigenvalue weighted by atomic mass is 32.2. The van der Waals surface area contributed by atoms with Crippen LogP contribution in [0.5, 0.6) is 5.75 Å². The van der Waals surface area contributed by atoms with Gasteiger partial charge < -0.3 is 10.1 Å². The first-order chi connectivity index (χ1) is 9.62. The van der Waals surface area contributed by atoms with E-state index in [9.17, 15) is 10.1 Å². The van der Waals surface area contributed by atoms with Gasteiger partial charge in [0.1, 0.15) is 5.75 Å². The van der Waals surface area contributed by atoms with Gasteiger partial charge in [-0.3, -0.25) is 10.1 Å². The number of rotatable bonds is 5. The first-order valence-corrected chi connectivity index (χ1v) is 6.73. The molecule has 5 nitrogen and oxygen atoms in total. The Morgan fingerprint density at radius 3 is 2.65 bits per heavy atom. The van der Waals surface area contributed by atoms with Gasteiger partial charge in [0.25, 0.3) is 5.69 Å². The standard InChI is InChI=1S/C14H14N2O3S/c1-15-10-6-11(16(17)18)8-14(7-10)20-13-5-3-4-12(9-13)19-2/h3-9,15H,1-2H3. The van der Waals surface area contributed by atoms with Crippen molar-refractivity contribution in [2.24, 2.45) is 0 Å². The second-order valence-corrected chi connectivity index (χ2v) is 5.15. The molecule has 104 valence electrons. The Morgan fingerprint density at radius 2 is 2.00 bits per heavy atom. The average Bonchev–Trinajstić information content (AvgIpc) is 2.47. The van der Waals surface area contributed by atoms with E-state index in [2.05, 4.69) is 5.32 Å². The maximum Gasteiger partial charge on any atom is 0.272 e. The van der Waals surface area contributed by atoms with Crippen LogP contribution in [0.3, 0.4) is 0 Å². The van der Waals surface area contributed by atoms with Crippen molar-refractivity contribution >= 4 is 23.1 Å². The van der Waals surface area contributed by atoms with Crippen LogP contribution in [-0.4, -0.2) is 19.1 Å². The minimum atomic E-state index is -0.392. The molecule has 2 rings (SSSR count). The molecule has 2 aromatic carbocycles. The summed E-state index contributed by atoms with van der Waals surface area (Å²) in [6, 6.07) is 12.5. The quantitative estimate of drug-likeness (QED) is 0.670. The fourth-order valence-corrected chi connectivity index (χ4v) is 2.65. The van der Waals surface area contributed by atoms with E-state index in [4.69, 9.17) is 4.74 Å². The predicted molar refractivity (Wildman–Crippen MR) is 79.8 cm³/mol. The molecule has 20 heavy (non-hydrogen) atoms. The van der Waals surface area contributed by atoms with Crippen LogP contribution in [-0.2, 0) is 0 Å². The second-order valence-electron chi connectivity index (χ2n) is 4.00. The van der Waals surface area contributed by atoms with Gasteiger partial charge in [-0.05, 0) is 24.3 Å². The topological polar surface area (TPSA) is 64.4 Å². The number of anilines is 1. The Bertz CT molecular complexity index is 632. The van der Waals surface area contributed by atoms with E-state index in [1.54, 1.807) is 20.2 Å². The minimum absolute atomic E-state index is 0.0715. The third-order valence-electron chi connectivity index (χ3n) is 2.67. The summed E-state index contributed by atoms with van der Waals surface area (Å²) in [7, 11) is 3.34. The highest BCUT2D eigenvalue weighted by molar-refractivity contribution is 7.99. The van der Waals surface area contributed by atoms with Gasteiger partial charge in [0.2, 0.25) is 0 Å². The van der Waals surface area contributed by atoms with Gasteiger partial charge >= 0.3 is 0 Å². The molecule has 0 atom stereocenters. The highest BCUT2D eigenvalue weighted by Crippen LogP contribution is 2.34. The Morgan fingerprint density at radius 1 is 1.20 bits per heavy atom. The molecule has 0 saturated carbocycles. The lowest BCUT2D eigenvalue weighted by atomic mass is 10.3. The molecule has 0 heterocycles. The Hall–Kier alpha value is -2.21. The van der Waals surface area contributed by atoms with Gasteiger partial charge in [0, 0.05) is 34.7 Å². The molecule has 0 spiro atoms. The largest absolute Gasteiger partial charge is 0.497 e. The number of hydrogen-bond donors (Lipinski definition) is 1. The molecule has 0 aromatic heterocycles. The highest BCUT2D eigenvalue weighted by Gasteiger charge is 2.10. The molecular weight excluding hydrogens is 276 g/mol. The van der Waals surface area contributed by atoms with Crippen LogP contribution in [0.15, 0.2) is 52.3 Å². The average molecular weight is 290 g/mol. The maximum atomic E-state index is 10.9. The van der Waals surface area contributed by atoms with E-state index in [1.165, 1.54) is 17.8 Å². The summed E-state index contributed by atoms with van der Waals surface area (Å²) in [6.45, 7) is 0. The molecule has 0 unspecified atom stereocenters. The van der Waals surface area contributed by atoms with E-state index < -0.39 is 4.92 Å². The molecule has 2 aromatic rings. The summed E-state index contributed by atoms with van der Waals surface area (Å²) >= 11 is 1.45. The van der Waals surface area contributed by atoms with E-state index in [1.807, 2.05) is 30.3 Å². The lowest BCUT2D eigenvalue weighted by Crippen LogP contribution is -1.93. The van der Waals surface area contributed by atoms with Crippen molar-refractivity contribution < 1.29 is 9.66 Å². The summed E-state index contributed by atoms with van der Waals surface area (Å²) in [5.74, 6) is 0.759. The number of nitro groups is 1. The molecule has 6 heteroatoms. The molecule has 0 bridgehead atoms. The Balaban J connectivity index is 2.32. The van der Waals surface area contributed by atoms with Crippen LogP contribution >= 0.6 is 11.8 Å². The van der Waals surface area contributed by atoms with Crippen molar-refractivity contribution in [1.82, 2.24) is 0 Å². The molecule has 0 saturated heterocycles. The monoisotopic (exact) mass is 290 g/mol. The van der Waals surface area contributed by atoms with Gasteiger partial charge in [-0.1, -0.05) is 17.8 Å². The summed E-state index contributed by atoms with van der Waals surface area (Å²) in [6.07, 6.45) is 0. The summed E-state index contributed by atoms with van der Waals surface area (Å²) in [4.78, 5) is 12.3. The van der Waals surface area contributed by atoms with E-state index in [0.717, 1.165) is 15.5 Å². The Kier molecular flexibility index (Phi) is 4.47. The first kappa shape index (κ1) is 14.2. The van der Waals surface area contributed by atoms with Crippen molar-refractivity contribution in [3.05, 3.63) is 52.6 Å². The summed E-state index contributed by atoms with van der Waals surface area (Å²) in [5, 5.41) is 13.9. The van der Waals surface area contributed by atoms with Gasteiger partial charge in [-0.15, -0.1) is 0 Å². The molecule has 0 aliphatic carbocycles. The zero-order valence-corrected chi connectivity index (χ0v) is 11.9. The third-order valence-corrected chi connectivity index (χ3v) is 3.63. The molecular formula is C14H14N2O3S. The van der Waals surface area contributed by atoms with Gasteiger partial charge in [0.15, 0.2) is 0 Å². The third kappa shape index (κ3) is 3.42. The maximum absolute atomic E-state index is 10.9. The van der Waals surface area contributed by atoms with Crippen LogP contribution in [0.1, 0.15) is 0 Å². The van der Waals surface area contributed by atoms with Crippen molar-refractivity contribution in [2.75, 3.05) is 19.5 Å². The predicted octanol–water partition coefficient (Wildman–Crippen LogP) is 3.80. The number of benzene rings is 2. The number of nitro benzene ring substituents is 1. The lowest BCUT2D eigenvalue weighted by Gasteiger charge is -2.07. The molecule has 0 amide bonds. The number of methoxy groups -OCH3 is 1. The summed E-state index contributed by atoms with van der Waals surface area (Å²) < 4.78 is 5.17. The molecule has 0 aliphatic heterocycles. The van der Waals surface area contributed by atoms with Crippen molar-refractivity contribution in [3.63, 3.8) is 0 Å². The van der Waals surface area contributed by atoms with Crippen LogP contribution < -0.4 is 10.1 Å². The number of nitrogens with one attached hydrogen (secondary N) is 1. The fourth-order valence-electron chi connectivity index (χ4n) is 1.69. The van der Waals surface area contributed by atoms with Gasteiger partial charge in [-0.25, -0.2) is 0 Å². The van der Waals surface area contributed by atoms with Crippen LogP contribution in [0, 0.1) is 10.1 Å². The number of ether oxygens (including phenoxy) is 1. The Labute approximate surface area is 121 Å². The fraction of sp³-hybridized carbons (Fsp3) is 0.143. The molecule has 0 fully saturated rings. The molecule has 0 radical (unpaired) electrons. The normalized spacial score (nSPS) is 10.1. The minimum Gasteiger partial charge on any atom is -0.497 e. The zero-order chi connectivity index (χ0) is 14.5. The number of hydrogen-bond acceptors (Lipinski definition) is 5. The smallest absolute Gasteiger partial charge is 0.272 e. The number of nitrogens with zero attached hydrogens (tertiary/aromatic N) is 1. The molecule has 1 N–H and O–H groups in total. The summed E-state index contributed by atoms with van der Waals surface area (Å²) in [5.41, 5.74) is 0.784. The van der Waals surface area contributed by atoms with Crippen LogP contribution in [0.25, 0.3) is 0 Å². The molecule has 0 aliphatic rings. The van der Waals surface area contributed by atoms with Gasteiger partial charge in [0.05, 0.1) is 12.0 Å². The van der Waals surface area contributed by atoms with E-state index >= 15 is 0 Å². The van der Waals surface area contributed by atoms with E-state index in [-0.39, 0.29) is 5.69 Å². The van der Waals surface area contributed by atoms with E-state index in [0.29, 0.717) is 5.69 Å².